The van der Waals surface area contributed by atoms with Gasteiger partial charge >= 0.3 is 0 Å². The van der Waals surface area contributed by atoms with E-state index in [-0.39, 0.29) is 32.5 Å². The Morgan fingerprint density at radius 1 is 0.222 bits per heavy atom. The third-order valence-electron chi connectivity index (χ3n) is 23.7. The highest BCUT2D eigenvalue weighted by Crippen LogP contribution is 2.68. The summed E-state index contributed by atoms with van der Waals surface area (Å²) in [6, 6.07) is 85.5. The van der Waals surface area contributed by atoms with Gasteiger partial charge in [-0.3, -0.25) is 0 Å². The van der Waals surface area contributed by atoms with Crippen molar-refractivity contribution in [3.63, 3.8) is 0 Å². The Hall–Kier alpha value is -8.98. The predicted molar refractivity (Wildman–Crippen MR) is 376 cm³/mol. The lowest BCUT2D eigenvalue weighted by Gasteiger charge is -2.26. The molecule has 6 aliphatic rings. The SMILES string of the molecule is CCC1(c2ccc(N(c3ccc(C)cc3)c3ccc(C)cc3)cc2)c2cc3c(cc21)C(C)(C)c1cc2c(cc1-3)C2(CC)c1ccc(C2(CC)c3cc4c(cc32)C(C)(C)c2cc3c(cc2-4)C3(CC)c2ccc(N(c3ccc(C)cc3)c3ccc(C)cc3)cc2)cc1. The Balaban J connectivity index is 0.644. The Bertz CT molecular complexity index is 4410. The minimum Gasteiger partial charge on any atom is -0.311 e. The van der Waals surface area contributed by atoms with Crippen LogP contribution >= 0.6 is 0 Å². The van der Waals surface area contributed by atoms with Gasteiger partial charge in [-0.15, -0.1) is 0 Å². The van der Waals surface area contributed by atoms with Crippen LogP contribution in [0.15, 0.2) is 218 Å². The molecule has 11 aromatic rings. The summed E-state index contributed by atoms with van der Waals surface area (Å²) in [6.45, 7) is 28.1. The lowest BCUT2D eigenvalue weighted by molar-refractivity contribution is 0.656. The summed E-state index contributed by atoms with van der Waals surface area (Å²) in [7, 11) is 0. The molecule has 0 bridgehead atoms. The molecule has 0 spiro atoms. The highest BCUT2D eigenvalue weighted by Gasteiger charge is 2.58. The maximum absolute atomic E-state index is 2.62. The monoisotopic (exact) mass is 1160 g/mol. The molecule has 442 valence electrons. The van der Waals surface area contributed by atoms with Crippen LogP contribution in [0.5, 0.6) is 0 Å². The molecule has 0 amide bonds. The van der Waals surface area contributed by atoms with Crippen molar-refractivity contribution in [3.05, 3.63) is 330 Å². The first kappa shape index (κ1) is 55.1. The Labute approximate surface area is 534 Å². The Morgan fingerprint density at radius 3 is 0.578 bits per heavy atom. The summed E-state index contributed by atoms with van der Waals surface area (Å²) in [5.74, 6) is 0. The number of fused-ring (bicyclic) bond motifs is 10. The molecule has 0 aromatic heterocycles. The summed E-state index contributed by atoms with van der Waals surface area (Å²) >= 11 is 0. The van der Waals surface area contributed by atoms with Crippen molar-refractivity contribution in [2.75, 3.05) is 9.80 Å². The van der Waals surface area contributed by atoms with E-state index in [1.165, 1.54) is 168 Å². The van der Waals surface area contributed by atoms with Crippen molar-refractivity contribution < 1.29 is 0 Å². The molecule has 2 heteroatoms. The number of aryl methyl sites for hydroxylation is 4. The molecule has 0 N–H and O–H groups in total. The molecule has 6 aliphatic carbocycles. The van der Waals surface area contributed by atoms with Gasteiger partial charge in [0, 0.05) is 66.6 Å². The molecule has 0 saturated carbocycles. The van der Waals surface area contributed by atoms with E-state index in [4.69, 9.17) is 0 Å². The van der Waals surface area contributed by atoms with Gasteiger partial charge in [-0.05, 0) is 262 Å². The molecule has 0 saturated heterocycles. The third kappa shape index (κ3) is 7.28. The highest BCUT2D eigenvalue weighted by molar-refractivity contribution is 5.92. The molecule has 0 radical (unpaired) electrons. The van der Waals surface area contributed by atoms with Crippen LogP contribution in [0.2, 0.25) is 0 Å². The second-order valence-electron chi connectivity index (χ2n) is 28.7. The van der Waals surface area contributed by atoms with E-state index >= 15 is 0 Å². The van der Waals surface area contributed by atoms with Gasteiger partial charge in [0.1, 0.15) is 0 Å². The second-order valence-corrected chi connectivity index (χ2v) is 28.7. The maximum Gasteiger partial charge on any atom is 0.0461 e. The number of hydrogen-bond acceptors (Lipinski definition) is 2. The summed E-state index contributed by atoms with van der Waals surface area (Å²) in [6.07, 6.45) is 4.19. The zero-order chi connectivity index (χ0) is 61.8. The van der Waals surface area contributed by atoms with Crippen molar-refractivity contribution in [1.82, 2.24) is 0 Å². The van der Waals surface area contributed by atoms with Crippen LogP contribution < -0.4 is 9.80 Å². The van der Waals surface area contributed by atoms with Crippen molar-refractivity contribution in [1.29, 1.82) is 0 Å². The number of anilines is 6. The van der Waals surface area contributed by atoms with Crippen LogP contribution in [0.1, 0.15) is 192 Å². The predicted octanol–water partition coefficient (Wildman–Crippen LogP) is 22.7. The summed E-state index contributed by atoms with van der Waals surface area (Å²) in [5, 5.41) is 0. The number of nitrogens with zero attached hydrogens (tertiary/aromatic N) is 2. The van der Waals surface area contributed by atoms with Crippen molar-refractivity contribution in [2.45, 2.75) is 141 Å². The van der Waals surface area contributed by atoms with Crippen molar-refractivity contribution in [2.24, 2.45) is 0 Å². The van der Waals surface area contributed by atoms with Gasteiger partial charge in [0.25, 0.3) is 0 Å². The summed E-state index contributed by atoms with van der Waals surface area (Å²) < 4.78 is 0. The standard InChI is InChI=1S/C88H80N2/c1-13-85(75-45-67-69-47-77-81(51-73(69)83(9,10)71(67)49-79(75)85)87(77,15-3)59-29-41-65(42-30-59)89(61-33-17-53(5)18-34-61)62-35-19-54(6)20-36-62)57-25-27-58(28-26-57)86(14-2)76-46-68-70-48-78-82(52-74(70)84(11,12)72(68)50-80(76)86)88(78,16-4)60-31-43-66(44-32-60)90(63-37-21-55(7)22-38-63)64-39-23-56(8)24-40-64/h17-52H,13-16H2,1-12H3. The smallest absolute Gasteiger partial charge is 0.0461 e. The van der Waals surface area contributed by atoms with Crippen LogP contribution in [0.3, 0.4) is 0 Å². The van der Waals surface area contributed by atoms with Crippen molar-refractivity contribution in [3.8, 4) is 22.3 Å². The molecule has 4 atom stereocenters. The first-order valence-corrected chi connectivity index (χ1v) is 33.5. The van der Waals surface area contributed by atoms with Crippen LogP contribution in [0, 0.1) is 27.7 Å². The average Bonchev–Trinajstić information content (AvgIpc) is 1.51. The van der Waals surface area contributed by atoms with Gasteiger partial charge in [-0.25, -0.2) is 0 Å². The van der Waals surface area contributed by atoms with E-state index in [0.717, 1.165) is 25.7 Å². The average molecular weight is 1170 g/mol. The molecule has 90 heavy (non-hydrogen) atoms. The van der Waals surface area contributed by atoms with Gasteiger partial charge in [-0.2, -0.15) is 0 Å². The van der Waals surface area contributed by atoms with Gasteiger partial charge in [0.2, 0.25) is 0 Å². The first-order valence-electron chi connectivity index (χ1n) is 33.5. The van der Waals surface area contributed by atoms with Gasteiger partial charge in [-0.1, -0.05) is 199 Å². The van der Waals surface area contributed by atoms with Crippen LogP contribution in [0.25, 0.3) is 22.3 Å². The molecule has 17 rings (SSSR count). The van der Waals surface area contributed by atoms with Crippen LogP contribution in [0.4, 0.5) is 34.1 Å². The van der Waals surface area contributed by atoms with E-state index < -0.39 is 0 Å². The van der Waals surface area contributed by atoms with Crippen LogP contribution in [-0.2, 0) is 32.5 Å². The zero-order valence-corrected chi connectivity index (χ0v) is 54.5. The van der Waals surface area contributed by atoms with E-state index in [1.807, 2.05) is 0 Å². The Kier molecular flexibility index (Phi) is 11.5. The fourth-order valence-electron chi connectivity index (χ4n) is 18.2. The van der Waals surface area contributed by atoms with Gasteiger partial charge in [0.05, 0.1) is 0 Å². The van der Waals surface area contributed by atoms with Gasteiger partial charge < -0.3 is 9.80 Å². The topological polar surface area (TPSA) is 6.48 Å². The van der Waals surface area contributed by atoms with E-state index in [9.17, 15) is 0 Å². The lowest BCUT2D eigenvalue weighted by Crippen LogP contribution is -2.15. The normalized spacial score (nSPS) is 21.2. The fraction of sp³-hybridized carbons (Fsp3) is 0.250. The highest BCUT2D eigenvalue weighted by atomic mass is 15.1. The van der Waals surface area contributed by atoms with Gasteiger partial charge in [0.15, 0.2) is 0 Å². The molecule has 4 unspecified atom stereocenters. The maximum atomic E-state index is 2.62. The number of hydrogen-bond donors (Lipinski definition) is 0. The Morgan fingerprint density at radius 2 is 0.389 bits per heavy atom. The molecular weight excluding hydrogens is 1080 g/mol. The molecule has 2 nitrogen and oxygen atoms in total. The molecule has 0 heterocycles. The summed E-state index contributed by atoms with van der Waals surface area (Å²) in [5.41, 5.74) is 41.0. The van der Waals surface area contributed by atoms with Crippen molar-refractivity contribution >= 4 is 34.1 Å². The lowest BCUT2D eigenvalue weighted by atomic mass is 9.81. The number of benzene rings is 11. The quantitative estimate of drug-likeness (QED) is 0.107. The molecular formula is C88H80N2. The fourth-order valence-corrected chi connectivity index (χ4v) is 18.2. The van der Waals surface area contributed by atoms with Crippen LogP contribution in [-0.4, -0.2) is 0 Å². The molecule has 0 aliphatic heterocycles. The minimum absolute atomic E-state index is 0.0610. The largest absolute Gasteiger partial charge is 0.311 e. The summed E-state index contributed by atoms with van der Waals surface area (Å²) in [4.78, 5) is 4.77. The molecule has 0 fully saturated rings. The second kappa shape index (κ2) is 18.8. The molecule has 11 aromatic carbocycles. The van der Waals surface area contributed by atoms with E-state index in [2.05, 4.69) is 311 Å². The first-order chi connectivity index (χ1) is 43.5. The minimum atomic E-state index is -0.101. The zero-order valence-electron chi connectivity index (χ0n) is 54.5. The third-order valence-corrected chi connectivity index (χ3v) is 23.7. The van der Waals surface area contributed by atoms with E-state index in [1.54, 1.807) is 0 Å². The van der Waals surface area contributed by atoms with E-state index in [0.29, 0.717) is 0 Å². The number of rotatable bonds is 14.